The molecular formula is C21H25N3O4S2. The molecular weight excluding hydrogens is 422 g/mol. The summed E-state index contributed by atoms with van der Waals surface area (Å²) in [4.78, 5) is 20.9. The number of thioether (sulfide) groups is 1. The molecule has 0 bridgehead atoms. The Morgan fingerprint density at radius 3 is 2.83 bits per heavy atom. The number of hydrogen-bond donors (Lipinski definition) is 2. The van der Waals surface area contributed by atoms with Crippen molar-refractivity contribution in [3.8, 4) is 11.5 Å². The van der Waals surface area contributed by atoms with Crippen LogP contribution in [-0.4, -0.2) is 28.1 Å². The van der Waals surface area contributed by atoms with Gasteiger partial charge in [-0.05, 0) is 23.1 Å². The lowest BCUT2D eigenvalue weighted by atomic mass is 9.91. The Morgan fingerprint density at radius 1 is 1.30 bits per heavy atom. The number of aromatic hydroxyl groups is 1. The second-order valence-corrected chi connectivity index (χ2v) is 10.3. The molecule has 0 atom stereocenters. The quantitative estimate of drug-likeness (QED) is 0.474. The third-order valence-corrected chi connectivity index (χ3v) is 6.08. The fourth-order valence-electron chi connectivity index (χ4n) is 2.72. The van der Waals surface area contributed by atoms with Crippen LogP contribution in [0.15, 0.2) is 39.2 Å². The van der Waals surface area contributed by atoms with Gasteiger partial charge in [-0.15, -0.1) is 11.8 Å². The van der Waals surface area contributed by atoms with Gasteiger partial charge in [0.25, 0.3) is 0 Å². The van der Waals surface area contributed by atoms with Crippen LogP contribution in [0.2, 0.25) is 0 Å². The second kappa shape index (κ2) is 9.53. The topological polar surface area (TPSA) is 97.5 Å². The average molecular weight is 448 g/mol. The summed E-state index contributed by atoms with van der Waals surface area (Å²) in [6.45, 7) is 6.49. The Labute approximate surface area is 183 Å². The van der Waals surface area contributed by atoms with Gasteiger partial charge in [0.15, 0.2) is 16.6 Å². The van der Waals surface area contributed by atoms with Gasteiger partial charge in [0.2, 0.25) is 11.8 Å². The van der Waals surface area contributed by atoms with Crippen molar-refractivity contribution in [3.05, 3.63) is 47.8 Å². The molecule has 0 fully saturated rings. The van der Waals surface area contributed by atoms with Crippen LogP contribution in [0.25, 0.3) is 0 Å². The summed E-state index contributed by atoms with van der Waals surface area (Å²) in [5, 5.41) is 13.0. The highest BCUT2D eigenvalue weighted by Gasteiger charge is 2.15. The van der Waals surface area contributed by atoms with Gasteiger partial charge in [-0.25, -0.2) is 9.97 Å². The molecule has 0 radical (unpaired) electrons. The summed E-state index contributed by atoms with van der Waals surface area (Å²) in [6, 6.07) is 4.84. The second-order valence-electron chi connectivity index (χ2n) is 7.96. The van der Waals surface area contributed by atoms with Crippen LogP contribution in [0.4, 0.5) is 5.13 Å². The van der Waals surface area contributed by atoms with E-state index in [0.29, 0.717) is 22.5 Å². The highest BCUT2D eigenvalue weighted by atomic mass is 32.2. The summed E-state index contributed by atoms with van der Waals surface area (Å²) < 4.78 is 11.8. The minimum absolute atomic E-state index is 0.0415. The van der Waals surface area contributed by atoms with E-state index in [4.69, 9.17) is 9.15 Å². The number of oxazole rings is 1. The number of hydrogen-bond acceptors (Lipinski definition) is 8. The van der Waals surface area contributed by atoms with Gasteiger partial charge < -0.3 is 19.6 Å². The van der Waals surface area contributed by atoms with Crippen molar-refractivity contribution < 1.29 is 19.1 Å². The van der Waals surface area contributed by atoms with Crippen molar-refractivity contribution >= 4 is 34.1 Å². The monoisotopic (exact) mass is 447 g/mol. The minimum atomic E-state index is -0.187. The van der Waals surface area contributed by atoms with Crippen LogP contribution < -0.4 is 10.1 Å². The number of carbonyl (C=O) groups is 1. The molecule has 3 aromatic rings. The van der Waals surface area contributed by atoms with Gasteiger partial charge in [-0.1, -0.05) is 38.2 Å². The molecule has 0 unspecified atom stereocenters. The lowest BCUT2D eigenvalue weighted by Gasteiger charge is -2.15. The summed E-state index contributed by atoms with van der Waals surface area (Å²) >= 11 is 2.97. The zero-order chi connectivity index (χ0) is 21.7. The third-order valence-electron chi connectivity index (χ3n) is 3.98. The fourth-order valence-corrected chi connectivity index (χ4v) is 4.46. The van der Waals surface area contributed by atoms with Gasteiger partial charge in [-0.3, -0.25) is 4.79 Å². The van der Waals surface area contributed by atoms with Crippen molar-refractivity contribution in [2.75, 3.05) is 12.4 Å². The van der Waals surface area contributed by atoms with E-state index in [1.807, 2.05) is 0 Å². The predicted octanol–water partition coefficient (Wildman–Crippen LogP) is 4.91. The molecule has 2 aromatic heterocycles. The smallest absolute Gasteiger partial charge is 0.230 e. The van der Waals surface area contributed by atoms with Crippen molar-refractivity contribution in [3.63, 3.8) is 0 Å². The van der Waals surface area contributed by atoms with Crippen molar-refractivity contribution in [1.29, 1.82) is 0 Å². The number of phenols is 1. The van der Waals surface area contributed by atoms with Crippen LogP contribution in [-0.2, 0) is 23.4 Å². The Bertz CT molecular complexity index is 1010. The molecule has 1 amide bonds. The van der Waals surface area contributed by atoms with E-state index in [-0.39, 0.29) is 23.5 Å². The zero-order valence-electron chi connectivity index (χ0n) is 17.4. The van der Waals surface area contributed by atoms with Crippen LogP contribution in [0, 0.1) is 5.41 Å². The molecule has 0 saturated heterocycles. The standard InChI is InChI=1S/C21H25N3O4S2/c1-21(2,3)9-14-10-22-18(28-14)12-29-19-11-23-20(30-19)24-17(26)8-13-5-6-15(25)16(7-13)27-4/h5-7,10-11,25H,8-9,12H2,1-4H3,(H,23,24,26). The highest BCUT2D eigenvalue weighted by molar-refractivity contribution is 8.00. The number of nitrogens with one attached hydrogen (secondary N) is 1. The summed E-state index contributed by atoms with van der Waals surface area (Å²) in [6.07, 6.45) is 4.52. The largest absolute Gasteiger partial charge is 0.504 e. The van der Waals surface area contributed by atoms with Gasteiger partial charge in [0.05, 0.1) is 35.9 Å². The molecule has 160 valence electrons. The van der Waals surface area contributed by atoms with Crippen molar-refractivity contribution in [1.82, 2.24) is 9.97 Å². The molecule has 0 aliphatic rings. The minimum Gasteiger partial charge on any atom is -0.504 e. The first-order chi connectivity index (χ1) is 14.2. The van der Waals surface area contributed by atoms with E-state index < -0.39 is 0 Å². The molecule has 2 N–H and O–H groups in total. The van der Waals surface area contributed by atoms with Crippen LogP contribution >= 0.6 is 23.1 Å². The van der Waals surface area contributed by atoms with E-state index in [1.165, 1.54) is 24.5 Å². The van der Waals surface area contributed by atoms with E-state index in [1.54, 1.807) is 36.3 Å². The molecule has 7 nitrogen and oxygen atoms in total. The first-order valence-electron chi connectivity index (χ1n) is 9.40. The van der Waals surface area contributed by atoms with E-state index >= 15 is 0 Å². The molecule has 0 spiro atoms. The molecule has 3 rings (SSSR count). The number of methoxy groups -OCH3 is 1. The SMILES string of the molecule is COc1cc(CC(=O)Nc2ncc(SCc3ncc(CC(C)(C)C)o3)s2)ccc1O. The number of ether oxygens (including phenoxy) is 1. The lowest BCUT2D eigenvalue weighted by molar-refractivity contribution is -0.115. The number of phenolic OH excluding ortho intramolecular Hbond substituents is 1. The predicted molar refractivity (Wildman–Crippen MR) is 118 cm³/mol. The van der Waals surface area contributed by atoms with E-state index in [9.17, 15) is 9.90 Å². The Morgan fingerprint density at radius 2 is 2.10 bits per heavy atom. The fraction of sp³-hybridized carbons (Fsp3) is 0.381. The molecule has 2 heterocycles. The Hall–Kier alpha value is -2.52. The first-order valence-corrected chi connectivity index (χ1v) is 11.2. The van der Waals surface area contributed by atoms with Crippen LogP contribution in [0.3, 0.4) is 0 Å². The number of anilines is 1. The van der Waals surface area contributed by atoms with E-state index in [0.717, 1.165) is 22.0 Å². The number of aromatic nitrogens is 2. The number of carbonyl (C=O) groups excluding carboxylic acids is 1. The van der Waals surface area contributed by atoms with Gasteiger partial charge >= 0.3 is 0 Å². The summed E-state index contributed by atoms with van der Waals surface area (Å²) in [5.74, 6) is 2.37. The lowest BCUT2D eigenvalue weighted by Crippen LogP contribution is -2.14. The third kappa shape index (κ3) is 6.50. The van der Waals surface area contributed by atoms with Crippen molar-refractivity contribution in [2.24, 2.45) is 5.41 Å². The summed E-state index contributed by atoms with van der Waals surface area (Å²) in [7, 11) is 1.47. The number of nitrogens with zero attached hydrogens (tertiary/aromatic N) is 2. The van der Waals surface area contributed by atoms with Gasteiger partial charge in [0.1, 0.15) is 5.76 Å². The van der Waals surface area contributed by atoms with Gasteiger partial charge in [0, 0.05) is 6.42 Å². The van der Waals surface area contributed by atoms with E-state index in [2.05, 4.69) is 36.1 Å². The van der Waals surface area contributed by atoms with Crippen LogP contribution in [0.1, 0.15) is 38.0 Å². The molecule has 0 aliphatic heterocycles. The first kappa shape index (κ1) is 22.2. The molecule has 1 aromatic carbocycles. The average Bonchev–Trinajstić information content (AvgIpc) is 3.29. The molecule has 0 aliphatic carbocycles. The summed E-state index contributed by atoms with van der Waals surface area (Å²) in [5.41, 5.74) is 0.892. The maximum absolute atomic E-state index is 12.3. The Balaban J connectivity index is 1.51. The maximum atomic E-state index is 12.3. The number of thiazole rings is 1. The number of amides is 1. The number of benzene rings is 1. The molecule has 0 saturated carbocycles. The van der Waals surface area contributed by atoms with Crippen molar-refractivity contribution in [2.45, 2.75) is 43.6 Å². The number of rotatable bonds is 8. The molecule has 30 heavy (non-hydrogen) atoms. The normalized spacial score (nSPS) is 11.5. The van der Waals surface area contributed by atoms with Gasteiger partial charge in [-0.2, -0.15) is 0 Å². The highest BCUT2D eigenvalue weighted by Crippen LogP contribution is 2.31. The Kier molecular flexibility index (Phi) is 7.04. The van der Waals surface area contributed by atoms with Crippen LogP contribution in [0.5, 0.6) is 11.5 Å². The maximum Gasteiger partial charge on any atom is 0.230 e. The molecule has 9 heteroatoms. The zero-order valence-corrected chi connectivity index (χ0v) is 19.0.